The van der Waals surface area contributed by atoms with Gasteiger partial charge in [0, 0.05) is 45.9 Å². The van der Waals surface area contributed by atoms with Crippen LogP contribution in [0.2, 0.25) is 0 Å². The lowest BCUT2D eigenvalue weighted by Gasteiger charge is -2.17. The zero-order valence-corrected chi connectivity index (χ0v) is 39.2. The molecule has 14 aromatic rings. The van der Waals surface area contributed by atoms with E-state index in [4.69, 9.17) is 0 Å². The highest BCUT2D eigenvalue weighted by molar-refractivity contribution is 7.26. The van der Waals surface area contributed by atoms with Gasteiger partial charge in [0.25, 0.3) is 0 Å². The van der Waals surface area contributed by atoms with Crippen LogP contribution in [-0.4, -0.2) is 0 Å². The zero-order chi connectivity index (χ0) is 45.0. The van der Waals surface area contributed by atoms with E-state index in [2.05, 4.69) is 232 Å². The van der Waals surface area contributed by atoms with E-state index in [0.717, 1.165) is 0 Å². The molecule has 0 bridgehead atoms. The van der Waals surface area contributed by atoms with Crippen molar-refractivity contribution < 1.29 is 0 Å². The topological polar surface area (TPSA) is 0 Å². The average Bonchev–Trinajstić information content (AvgIpc) is 3.98. The van der Waals surface area contributed by atoms with Crippen LogP contribution in [0.25, 0.3) is 145 Å². The summed E-state index contributed by atoms with van der Waals surface area (Å²) in [5, 5.41) is 18.1. The number of rotatable bonds is 5. The largest absolute Gasteiger partial charge is 0.135 e. The van der Waals surface area contributed by atoms with Crippen molar-refractivity contribution in [3.05, 3.63) is 223 Å². The molecule has 14 rings (SSSR count). The third-order valence-corrected chi connectivity index (χ3v) is 17.0. The second-order valence-corrected chi connectivity index (χ2v) is 20.3. The minimum absolute atomic E-state index is 1.21. The highest BCUT2D eigenvalue weighted by Gasteiger charge is 2.20. The van der Waals surface area contributed by atoms with Crippen LogP contribution in [0.3, 0.4) is 0 Å². The highest BCUT2D eigenvalue weighted by atomic mass is 32.1. The molecule has 2 heterocycles. The normalized spacial score (nSPS) is 12.2. The summed E-state index contributed by atoms with van der Waals surface area (Å²) >= 11 is 3.80. The number of hydrogen-bond donors (Lipinski definition) is 0. The molecule has 12 aromatic carbocycles. The van der Waals surface area contributed by atoms with E-state index in [-0.39, 0.29) is 0 Å². The molecule has 0 saturated carbocycles. The molecule has 318 valence electrons. The Morgan fingerprint density at radius 1 is 0.309 bits per heavy atom. The fourth-order valence-electron chi connectivity index (χ4n) is 11.4. The molecule has 2 aromatic heterocycles. The molecule has 0 spiro atoms. The minimum atomic E-state index is 1.21. The maximum atomic E-state index is 2.48. The van der Waals surface area contributed by atoms with Crippen molar-refractivity contribution in [2.24, 2.45) is 0 Å². The second-order valence-electron chi connectivity index (χ2n) is 18.2. The number of benzene rings is 12. The Balaban J connectivity index is 0.989. The number of aryl methyl sites for hydroxylation is 1. The SMILES string of the molecule is C/C=C\c1c(C)c2ccccc2c2cc(-c3cccc(-c4cc(-c5cccc6c7cc(-c8cccc9c8sc8ccccc89)ccc7c7ccccc7c56)cc5c4sc4ccccc45)c3)ccc12. The Morgan fingerprint density at radius 2 is 0.794 bits per heavy atom. The van der Waals surface area contributed by atoms with Crippen molar-refractivity contribution in [2.75, 3.05) is 0 Å². The van der Waals surface area contributed by atoms with Gasteiger partial charge in [-0.25, -0.2) is 0 Å². The number of hydrogen-bond acceptors (Lipinski definition) is 2. The van der Waals surface area contributed by atoms with Crippen LogP contribution < -0.4 is 0 Å². The van der Waals surface area contributed by atoms with Crippen LogP contribution >= 0.6 is 22.7 Å². The van der Waals surface area contributed by atoms with E-state index < -0.39 is 0 Å². The zero-order valence-electron chi connectivity index (χ0n) is 37.6. The Morgan fingerprint density at radius 3 is 1.57 bits per heavy atom. The van der Waals surface area contributed by atoms with Gasteiger partial charge in [-0.05, 0) is 160 Å². The van der Waals surface area contributed by atoms with Gasteiger partial charge in [0.2, 0.25) is 0 Å². The molecule has 0 unspecified atom stereocenters. The fourth-order valence-corrected chi connectivity index (χ4v) is 13.9. The third-order valence-electron chi connectivity index (χ3n) is 14.5. The molecule has 0 nitrogen and oxygen atoms in total. The summed E-state index contributed by atoms with van der Waals surface area (Å²) in [6.07, 6.45) is 4.42. The molecule has 0 N–H and O–H groups in total. The molecule has 68 heavy (non-hydrogen) atoms. The molecule has 0 aliphatic heterocycles. The van der Waals surface area contributed by atoms with E-state index in [1.165, 1.54) is 150 Å². The van der Waals surface area contributed by atoms with Gasteiger partial charge >= 0.3 is 0 Å². The second kappa shape index (κ2) is 15.3. The molecular weight excluding hydrogens is 857 g/mol. The summed E-state index contributed by atoms with van der Waals surface area (Å²) in [6, 6.07) is 77.8. The van der Waals surface area contributed by atoms with Gasteiger partial charge in [-0.3, -0.25) is 0 Å². The fraction of sp³-hybridized carbons (Fsp3) is 0.0303. The molecule has 0 atom stereocenters. The van der Waals surface area contributed by atoms with E-state index in [9.17, 15) is 0 Å². The standard InChI is InChI=1S/C66H42S2/c1-3-15-45-39(2)46-18-4-5-19-49(46)59-35-41(30-32-51(45)59)40-16-12-17-42(34-40)58-37-44(38-61-54-22-9-11-29-63(54)68-66(58)61)47-24-13-26-56-60-36-43(31-33-52(60)50-20-6-7-23-55(50)64(47)56)48-25-14-27-57-53-21-8-10-28-62(53)67-65(48)57/h3-38H,1-2H3/b15-3-. The number of thiophene rings is 2. The number of fused-ring (bicyclic) bond motifs is 15. The molecular formula is C66H42S2. The first kappa shape index (κ1) is 39.3. The maximum absolute atomic E-state index is 2.48. The van der Waals surface area contributed by atoms with Crippen LogP contribution in [0.1, 0.15) is 18.1 Å². The lowest BCUT2D eigenvalue weighted by atomic mass is 9.87. The van der Waals surface area contributed by atoms with Gasteiger partial charge in [-0.15, -0.1) is 22.7 Å². The molecule has 0 aliphatic rings. The van der Waals surface area contributed by atoms with E-state index >= 15 is 0 Å². The smallest absolute Gasteiger partial charge is 0.0434 e. The molecule has 0 fully saturated rings. The Hall–Kier alpha value is -7.88. The van der Waals surface area contributed by atoms with Gasteiger partial charge in [-0.1, -0.05) is 176 Å². The molecule has 0 aliphatic carbocycles. The summed E-state index contributed by atoms with van der Waals surface area (Å²) in [4.78, 5) is 0. The van der Waals surface area contributed by atoms with Crippen molar-refractivity contribution in [1.29, 1.82) is 0 Å². The molecule has 0 amide bonds. The lowest BCUT2D eigenvalue weighted by molar-refractivity contribution is 1.52. The van der Waals surface area contributed by atoms with Gasteiger partial charge < -0.3 is 0 Å². The first-order valence-electron chi connectivity index (χ1n) is 23.5. The van der Waals surface area contributed by atoms with Gasteiger partial charge in [0.1, 0.15) is 0 Å². The predicted molar refractivity (Wildman–Crippen MR) is 301 cm³/mol. The third kappa shape index (κ3) is 5.91. The van der Waals surface area contributed by atoms with Crippen LogP contribution in [-0.2, 0) is 0 Å². The van der Waals surface area contributed by atoms with E-state index in [1.807, 2.05) is 22.7 Å². The number of allylic oxidation sites excluding steroid dienone is 1. The van der Waals surface area contributed by atoms with Crippen molar-refractivity contribution in [2.45, 2.75) is 13.8 Å². The Kier molecular flexibility index (Phi) is 8.86. The van der Waals surface area contributed by atoms with Crippen LogP contribution in [0.15, 0.2) is 212 Å². The van der Waals surface area contributed by atoms with Crippen molar-refractivity contribution >= 4 is 123 Å². The Labute approximate surface area is 402 Å². The average molecular weight is 899 g/mol. The van der Waals surface area contributed by atoms with Crippen molar-refractivity contribution in [1.82, 2.24) is 0 Å². The summed E-state index contributed by atoms with van der Waals surface area (Å²) in [5.74, 6) is 0. The quantitative estimate of drug-likeness (QED) is 0.151. The molecule has 2 heteroatoms. The van der Waals surface area contributed by atoms with Crippen molar-refractivity contribution in [3.8, 4) is 44.5 Å². The van der Waals surface area contributed by atoms with Crippen LogP contribution in [0.5, 0.6) is 0 Å². The first-order chi connectivity index (χ1) is 33.6. The summed E-state index contributed by atoms with van der Waals surface area (Å²) in [6.45, 7) is 4.36. The van der Waals surface area contributed by atoms with Crippen LogP contribution in [0.4, 0.5) is 0 Å². The van der Waals surface area contributed by atoms with Crippen LogP contribution in [0, 0.1) is 6.92 Å². The summed E-state index contributed by atoms with van der Waals surface area (Å²) in [5.41, 5.74) is 12.6. The van der Waals surface area contributed by atoms with Gasteiger partial charge in [0.05, 0.1) is 0 Å². The summed E-state index contributed by atoms with van der Waals surface area (Å²) < 4.78 is 5.30. The minimum Gasteiger partial charge on any atom is -0.135 e. The lowest BCUT2D eigenvalue weighted by Crippen LogP contribution is -1.90. The predicted octanol–water partition coefficient (Wildman–Crippen LogP) is 20.2. The highest BCUT2D eigenvalue weighted by Crippen LogP contribution is 2.48. The van der Waals surface area contributed by atoms with E-state index in [1.54, 1.807) is 0 Å². The maximum Gasteiger partial charge on any atom is 0.0434 e. The summed E-state index contributed by atoms with van der Waals surface area (Å²) in [7, 11) is 0. The molecule has 0 radical (unpaired) electrons. The van der Waals surface area contributed by atoms with Crippen molar-refractivity contribution in [3.63, 3.8) is 0 Å². The first-order valence-corrected chi connectivity index (χ1v) is 25.1. The van der Waals surface area contributed by atoms with Gasteiger partial charge in [0.15, 0.2) is 0 Å². The van der Waals surface area contributed by atoms with Gasteiger partial charge in [-0.2, -0.15) is 0 Å². The molecule has 0 saturated heterocycles. The monoisotopic (exact) mass is 898 g/mol. The Bertz CT molecular complexity index is 4460. The van der Waals surface area contributed by atoms with E-state index in [0.29, 0.717) is 0 Å².